The SMILES string of the molecule is CC1CN(C(=N)NCCF)c2ccc3ccccc3c21. The van der Waals surface area contributed by atoms with Gasteiger partial charge in [0.05, 0.1) is 0 Å². The number of rotatable bonds is 2. The molecule has 1 aliphatic heterocycles. The van der Waals surface area contributed by atoms with Gasteiger partial charge in [0.15, 0.2) is 5.96 Å². The molecule has 0 aliphatic carbocycles. The minimum Gasteiger partial charge on any atom is -0.353 e. The summed E-state index contributed by atoms with van der Waals surface area (Å²) in [6.45, 7) is 2.66. The molecule has 1 unspecified atom stereocenters. The monoisotopic (exact) mass is 271 g/mol. The average Bonchev–Trinajstić information content (AvgIpc) is 2.82. The van der Waals surface area contributed by atoms with Gasteiger partial charge in [-0.3, -0.25) is 5.41 Å². The van der Waals surface area contributed by atoms with Crippen LogP contribution < -0.4 is 10.2 Å². The highest BCUT2D eigenvalue weighted by atomic mass is 19.1. The normalized spacial score (nSPS) is 17.3. The van der Waals surface area contributed by atoms with Gasteiger partial charge >= 0.3 is 0 Å². The fraction of sp³-hybridized carbons (Fsp3) is 0.312. The third-order valence-electron chi connectivity index (χ3n) is 3.84. The van der Waals surface area contributed by atoms with E-state index in [0.29, 0.717) is 5.92 Å². The Kier molecular flexibility index (Phi) is 3.30. The van der Waals surface area contributed by atoms with E-state index in [1.165, 1.54) is 16.3 Å². The molecule has 0 spiro atoms. The van der Waals surface area contributed by atoms with Crippen molar-refractivity contribution in [2.24, 2.45) is 0 Å². The van der Waals surface area contributed by atoms with E-state index < -0.39 is 6.67 Å². The number of nitrogens with zero attached hydrogens (tertiary/aromatic N) is 1. The Bertz CT molecular complexity index is 653. The van der Waals surface area contributed by atoms with E-state index in [-0.39, 0.29) is 12.5 Å². The largest absolute Gasteiger partial charge is 0.353 e. The van der Waals surface area contributed by atoms with Gasteiger partial charge in [0.2, 0.25) is 0 Å². The zero-order valence-corrected chi connectivity index (χ0v) is 11.5. The van der Waals surface area contributed by atoms with Crippen LogP contribution in [0.15, 0.2) is 36.4 Å². The Morgan fingerprint density at radius 2 is 2.15 bits per heavy atom. The van der Waals surface area contributed by atoms with Crippen LogP contribution in [0.5, 0.6) is 0 Å². The molecule has 4 heteroatoms. The molecular weight excluding hydrogens is 253 g/mol. The molecule has 1 heterocycles. The number of benzene rings is 2. The van der Waals surface area contributed by atoms with Gasteiger partial charge in [-0.1, -0.05) is 37.3 Å². The molecule has 2 aromatic rings. The lowest BCUT2D eigenvalue weighted by Gasteiger charge is -2.21. The average molecular weight is 271 g/mol. The number of fused-ring (bicyclic) bond motifs is 3. The standard InChI is InChI=1S/C16H18FN3/c1-11-10-20(16(18)19-9-8-17)14-7-6-12-4-2-3-5-13(12)15(11)14/h2-7,11H,8-10H2,1H3,(H2,18,19). The van der Waals surface area contributed by atoms with Crippen molar-refractivity contribution in [1.82, 2.24) is 5.32 Å². The number of guanidine groups is 1. The molecule has 20 heavy (non-hydrogen) atoms. The van der Waals surface area contributed by atoms with Gasteiger partial charge in [0.1, 0.15) is 6.67 Å². The maximum absolute atomic E-state index is 12.2. The second-order valence-electron chi connectivity index (χ2n) is 5.20. The van der Waals surface area contributed by atoms with Crippen LogP contribution in [-0.2, 0) is 0 Å². The molecule has 1 atom stereocenters. The second-order valence-corrected chi connectivity index (χ2v) is 5.20. The third-order valence-corrected chi connectivity index (χ3v) is 3.84. The van der Waals surface area contributed by atoms with Crippen LogP contribution in [0.4, 0.5) is 10.1 Å². The van der Waals surface area contributed by atoms with Crippen molar-refractivity contribution in [2.45, 2.75) is 12.8 Å². The second kappa shape index (κ2) is 5.12. The minimum atomic E-state index is -0.462. The van der Waals surface area contributed by atoms with E-state index in [4.69, 9.17) is 5.41 Å². The molecule has 104 valence electrons. The molecule has 0 radical (unpaired) electrons. The van der Waals surface area contributed by atoms with Crippen molar-refractivity contribution in [3.63, 3.8) is 0 Å². The lowest BCUT2D eigenvalue weighted by molar-refractivity contribution is 0.490. The van der Waals surface area contributed by atoms with Crippen LogP contribution >= 0.6 is 0 Å². The van der Waals surface area contributed by atoms with Crippen molar-refractivity contribution in [3.8, 4) is 0 Å². The van der Waals surface area contributed by atoms with Crippen LogP contribution in [0, 0.1) is 5.41 Å². The van der Waals surface area contributed by atoms with E-state index in [9.17, 15) is 4.39 Å². The molecule has 0 bridgehead atoms. The Labute approximate surface area is 117 Å². The predicted octanol–water partition coefficient (Wildman–Crippen LogP) is 3.26. The molecule has 2 aromatic carbocycles. The van der Waals surface area contributed by atoms with Crippen molar-refractivity contribution >= 4 is 22.4 Å². The van der Waals surface area contributed by atoms with E-state index in [2.05, 4.69) is 36.5 Å². The lowest BCUT2D eigenvalue weighted by Crippen LogP contribution is -2.40. The first-order chi connectivity index (χ1) is 9.72. The molecular formula is C16H18FN3. The topological polar surface area (TPSA) is 39.1 Å². The van der Waals surface area contributed by atoms with Crippen LogP contribution in [0.25, 0.3) is 10.8 Å². The predicted molar refractivity (Wildman–Crippen MR) is 81.4 cm³/mol. The highest BCUT2D eigenvalue weighted by Gasteiger charge is 2.29. The van der Waals surface area contributed by atoms with Crippen molar-refractivity contribution in [3.05, 3.63) is 42.0 Å². The molecule has 0 saturated carbocycles. The summed E-state index contributed by atoms with van der Waals surface area (Å²) in [7, 11) is 0. The smallest absolute Gasteiger partial charge is 0.195 e. The Morgan fingerprint density at radius 1 is 1.35 bits per heavy atom. The summed E-state index contributed by atoms with van der Waals surface area (Å²) < 4.78 is 12.2. The number of halogens is 1. The van der Waals surface area contributed by atoms with Gasteiger partial charge in [-0.15, -0.1) is 0 Å². The molecule has 0 fully saturated rings. The summed E-state index contributed by atoms with van der Waals surface area (Å²) in [5.41, 5.74) is 2.35. The van der Waals surface area contributed by atoms with Gasteiger partial charge in [0, 0.05) is 24.7 Å². The number of hydrogen-bond acceptors (Lipinski definition) is 1. The third kappa shape index (κ3) is 2.01. The summed E-state index contributed by atoms with van der Waals surface area (Å²) in [6, 6.07) is 12.5. The molecule has 1 aliphatic rings. The van der Waals surface area contributed by atoms with Crippen molar-refractivity contribution in [2.75, 3.05) is 24.7 Å². The van der Waals surface area contributed by atoms with Crippen LogP contribution in [0.2, 0.25) is 0 Å². The maximum atomic E-state index is 12.2. The first-order valence-electron chi connectivity index (χ1n) is 6.90. The Balaban J connectivity index is 2.03. The van der Waals surface area contributed by atoms with Crippen molar-refractivity contribution in [1.29, 1.82) is 5.41 Å². The Morgan fingerprint density at radius 3 is 2.95 bits per heavy atom. The molecule has 2 N–H and O–H groups in total. The zero-order valence-electron chi connectivity index (χ0n) is 11.5. The van der Waals surface area contributed by atoms with Gasteiger partial charge in [-0.2, -0.15) is 0 Å². The first kappa shape index (κ1) is 12.9. The van der Waals surface area contributed by atoms with Gasteiger partial charge in [-0.25, -0.2) is 4.39 Å². The number of alkyl halides is 1. The molecule has 0 aromatic heterocycles. The maximum Gasteiger partial charge on any atom is 0.195 e. The summed E-state index contributed by atoms with van der Waals surface area (Å²) in [4.78, 5) is 1.93. The van der Waals surface area contributed by atoms with Gasteiger partial charge < -0.3 is 10.2 Å². The molecule has 0 amide bonds. The summed E-state index contributed by atoms with van der Waals surface area (Å²) in [6.07, 6.45) is 0. The van der Waals surface area contributed by atoms with Crippen LogP contribution in [0.3, 0.4) is 0 Å². The number of nitrogens with one attached hydrogen (secondary N) is 2. The summed E-state index contributed by atoms with van der Waals surface area (Å²) >= 11 is 0. The molecule has 3 nitrogen and oxygen atoms in total. The fourth-order valence-electron chi connectivity index (χ4n) is 2.97. The molecule has 0 saturated heterocycles. The van der Waals surface area contributed by atoms with E-state index in [1.807, 2.05) is 17.0 Å². The highest BCUT2D eigenvalue weighted by molar-refractivity contribution is 6.01. The van der Waals surface area contributed by atoms with Crippen LogP contribution in [0.1, 0.15) is 18.4 Å². The van der Waals surface area contributed by atoms with Gasteiger partial charge in [-0.05, 0) is 22.4 Å². The van der Waals surface area contributed by atoms with E-state index in [0.717, 1.165) is 12.2 Å². The lowest BCUT2D eigenvalue weighted by atomic mass is 9.96. The Hall–Kier alpha value is -2.10. The van der Waals surface area contributed by atoms with E-state index in [1.54, 1.807) is 0 Å². The number of anilines is 1. The summed E-state index contributed by atoms with van der Waals surface area (Å²) in [5, 5.41) is 13.4. The van der Waals surface area contributed by atoms with Crippen LogP contribution in [-0.4, -0.2) is 25.7 Å². The van der Waals surface area contributed by atoms with Gasteiger partial charge in [0.25, 0.3) is 0 Å². The minimum absolute atomic E-state index is 0.187. The molecule has 3 rings (SSSR count). The van der Waals surface area contributed by atoms with Crippen molar-refractivity contribution < 1.29 is 4.39 Å². The highest BCUT2D eigenvalue weighted by Crippen LogP contribution is 2.40. The quantitative estimate of drug-likeness (QED) is 0.650. The van der Waals surface area contributed by atoms with E-state index >= 15 is 0 Å². The zero-order chi connectivity index (χ0) is 14.1. The first-order valence-corrected chi connectivity index (χ1v) is 6.90. The number of hydrogen-bond donors (Lipinski definition) is 2. The fourth-order valence-corrected chi connectivity index (χ4v) is 2.97. The summed E-state index contributed by atoms with van der Waals surface area (Å²) in [5.74, 6) is 0.646.